The molecule has 0 bridgehead atoms. The van der Waals surface area contributed by atoms with E-state index in [0.717, 1.165) is 122 Å². The molecule has 0 radical (unpaired) electrons. The molecule has 9 heteroatoms. The Morgan fingerprint density at radius 2 is 0.955 bits per heavy atom. The van der Waals surface area contributed by atoms with Gasteiger partial charge in [-0.2, -0.15) is 0 Å². The van der Waals surface area contributed by atoms with Crippen LogP contribution in [-0.4, -0.2) is 87.5 Å². The molecule has 0 spiro atoms. The monoisotopic (exact) mass is 918 g/mol. The summed E-state index contributed by atoms with van der Waals surface area (Å²) < 4.78 is 11.1. The molecule has 1 aliphatic rings. The Hall–Kier alpha value is -3.67. The van der Waals surface area contributed by atoms with E-state index in [9.17, 15) is 30.3 Å². The fourth-order valence-corrected chi connectivity index (χ4v) is 6.91. The van der Waals surface area contributed by atoms with Crippen LogP contribution in [0.4, 0.5) is 0 Å². The lowest BCUT2D eigenvalue weighted by molar-refractivity contribution is -0.302. The van der Waals surface area contributed by atoms with Crippen LogP contribution < -0.4 is 5.32 Å². The minimum atomic E-state index is -1.58. The molecule has 66 heavy (non-hydrogen) atoms. The van der Waals surface area contributed by atoms with E-state index < -0.39 is 49.5 Å². The van der Waals surface area contributed by atoms with E-state index in [4.69, 9.17) is 9.47 Å². The molecule has 7 atom stereocenters. The van der Waals surface area contributed by atoms with Crippen molar-refractivity contribution in [2.45, 2.75) is 204 Å². The van der Waals surface area contributed by atoms with Crippen LogP contribution >= 0.6 is 0 Å². The topological polar surface area (TPSA) is 149 Å². The molecule has 0 aliphatic carbocycles. The smallest absolute Gasteiger partial charge is 0.220 e. The molecule has 0 saturated carbocycles. The molecular weight excluding hydrogens is 827 g/mol. The largest absolute Gasteiger partial charge is 0.394 e. The Kier molecular flexibility index (Phi) is 41.3. The number of unbranched alkanes of at least 4 members (excludes halogenated alkanes) is 10. The SMILES string of the molecule is CC/C=C\C/C=C\C/C=C\C/C=C\C/C=C\C/C=C\C/C=C\C/C=C\C/C=C\CCCCCCCCCC(=O)NC(COC1OC(CO)C(O)C(O)C1O)C(O)/C=C/CC/C=C/CCCC. The van der Waals surface area contributed by atoms with E-state index in [1.54, 1.807) is 6.08 Å². The normalized spacial score (nSPS) is 21.0. The first-order valence-corrected chi connectivity index (χ1v) is 25.4. The number of ether oxygens (including phenoxy) is 2. The van der Waals surface area contributed by atoms with Gasteiger partial charge in [-0.1, -0.05) is 192 Å². The van der Waals surface area contributed by atoms with Crippen LogP contribution in [0.15, 0.2) is 134 Å². The number of hydrogen-bond donors (Lipinski definition) is 6. The fourth-order valence-electron chi connectivity index (χ4n) is 6.91. The van der Waals surface area contributed by atoms with Gasteiger partial charge in [-0.05, 0) is 96.3 Å². The Labute approximate surface area is 400 Å². The number of aliphatic hydroxyl groups is 5. The van der Waals surface area contributed by atoms with Gasteiger partial charge < -0.3 is 40.3 Å². The van der Waals surface area contributed by atoms with Crippen LogP contribution in [0.25, 0.3) is 0 Å². The number of carbonyl (C=O) groups is 1. The summed E-state index contributed by atoms with van der Waals surface area (Å²) in [6.45, 7) is 3.53. The number of carbonyl (C=O) groups excluding carboxylic acids is 1. The van der Waals surface area contributed by atoms with E-state index in [2.05, 4.69) is 141 Å². The van der Waals surface area contributed by atoms with Crippen molar-refractivity contribution in [2.24, 2.45) is 0 Å². The molecule has 0 aromatic carbocycles. The highest BCUT2D eigenvalue weighted by atomic mass is 16.7. The lowest BCUT2D eigenvalue weighted by Gasteiger charge is -2.40. The highest BCUT2D eigenvalue weighted by Gasteiger charge is 2.44. The highest BCUT2D eigenvalue weighted by molar-refractivity contribution is 5.76. The molecule has 0 aromatic rings. The van der Waals surface area contributed by atoms with E-state index >= 15 is 0 Å². The maximum Gasteiger partial charge on any atom is 0.220 e. The summed E-state index contributed by atoms with van der Waals surface area (Å²) in [5.74, 6) is -0.210. The summed E-state index contributed by atoms with van der Waals surface area (Å²) >= 11 is 0. The van der Waals surface area contributed by atoms with Gasteiger partial charge in [0.15, 0.2) is 6.29 Å². The van der Waals surface area contributed by atoms with E-state index in [1.807, 2.05) is 6.08 Å². The van der Waals surface area contributed by atoms with Gasteiger partial charge in [0.2, 0.25) is 5.91 Å². The van der Waals surface area contributed by atoms with Gasteiger partial charge in [0, 0.05) is 6.42 Å². The molecule has 1 saturated heterocycles. The molecule has 372 valence electrons. The third-order valence-electron chi connectivity index (χ3n) is 11.0. The Bertz CT molecular complexity index is 1480. The Morgan fingerprint density at radius 1 is 0.530 bits per heavy atom. The van der Waals surface area contributed by atoms with Gasteiger partial charge in [0.25, 0.3) is 0 Å². The minimum absolute atomic E-state index is 0.210. The molecule has 9 nitrogen and oxygen atoms in total. The number of allylic oxidation sites excluding steroid dienone is 21. The van der Waals surface area contributed by atoms with E-state index in [0.29, 0.717) is 6.42 Å². The summed E-state index contributed by atoms with van der Waals surface area (Å²) in [4.78, 5) is 12.9. The summed E-state index contributed by atoms with van der Waals surface area (Å²) in [6, 6.07) is -0.835. The van der Waals surface area contributed by atoms with Crippen molar-refractivity contribution in [3.63, 3.8) is 0 Å². The zero-order valence-electron chi connectivity index (χ0n) is 40.9. The van der Waals surface area contributed by atoms with Gasteiger partial charge in [-0.15, -0.1) is 0 Å². The lowest BCUT2D eigenvalue weighted by atomic mass is 9.99. The second-order valence-corrected chi connectivity index (χ2v) is 16.9. The minimum Gasteiger partial charge on any atom is -0.394 e. The van der Waals surface area contributed by atoms with Crippen LogP contribution in [0.2, 0.25) is 0 Å². The third kappa shape index (κ3) is 34.6. The predicted molar refractivity (Wildman–Crippen MR) is 276 cm³/mol. The average molecular weight is 918 g/mol. The summed E-state index contributed by atoms with van der Waals surface area (Å²) in [5, 5.41) is 54.0. The Balaban J connectivity index is 2.17. The molecule has 0 aromatic heterocycles. The first-order valence-electron chi connectivity index (χ1n) is 25.4. The second-order valence-electron chi connectivity index (χ2n) is 16.9. The average Bonchev–Trinajstić information content (AvgIpc) is 3.32. The number of amides is 1. The summed E-state index contributed by atoms with van der Waals surface area (Å²) in [7, 11) is 0. The molecular formula is C57H91NO8. The van der Waals surface area contributed by atoms with Crippen LogP contribution in [0.1, 0.15) is 162 Å². The third-order valence-corrected chi connectivity index (χ3v) is 11.0. The van der Waals surface area contributed by atoms with Crippen molar-refractivity contribution in [3.05, 3.63) is 134 Å². The highest BCUT2D eigenvalue weighted by Crippen LogP contribution is 2.22. The van der Waals surface area contributed by atoms with E-state index in [-0.39, 0.29) is 12.5 Å². The number of rotatable bonds is 40. The van der Waals surface area contributed by atoms with Crippen molar-refractivity contribution in [1.29, 1.82) is 0 Å². The van der Waals surface area contributed by atoms with Crippen molar-refractivity contribution in [3.8, 4) is 0 Å². The molecule has 1 fully saturated rings. The second kappa shape index (κ2) is 45.1. The molecule has 1 aliphatic heterocycles. The number of hydrogen-bond acceptors (Lipinski definition) is 8. The maximum atomic E-state index is 12.9. The van der Waals surface area contributed by atoms with Gasteiger partial charge in [-0.3, -0.25) is 4.79 Å². The van der Waals surface area contributed by atoms with E-state index in [1.165, 1.54) is 19.3 Å². The lowest BCUT2D eigenvalue weighted by Crippen LogP contribution is -2.60. The predicted octanol–water partition coefficient (Wildman–Crippen LogP) is 11.8. The first kappa shape index (κ1) is 60.3. The van der Waals surface area contributed by atoms with Gasteiger partial charge in [0.1, 0.15) is 24.4 Å². The van der Waals surface area contributed by atoms with Crippen molar-refractivity contribution in [1.82, 2.24) is 5.32 Å². The van der Waals surface area contributed by atoms with Gasteiger partial charge in [-0.25, -0.2) is 0 Å². The molecule has 1 rings (SSSR count). The van der Waals surface area contributed by atoms with Crippen molar-refractivity contribution < 1.29 is 39.8 Å². The fraction of sp³-hybridized carbons (Fsp3) is 0.596. The zero-order chi connectivity index (χ0) is 48.0. The molecule has 7 unspecified atom stereocenters. The molecule has 1 amide bonds. The van der Waals surface area contributed by atoms with Gasteiger partial charge in [0.05, 0.1) is 25.4 Å². The standard InChI is InChI=1S/C57H91NO8/c1-3-5-7-9-11-13-14-15-16-17-18-19-20-21-22-23-24-25-26-27-28-29-30-31-32-33-34-35-36-37-38-39-41-43-45-47-53(61)58-50(51(60)46-44-42-40-12-10-8-6-4-2)49-65-57-56(64)55(63)54(62)52(48-59)66-57/h5,7,10-13,15-16,18-19,21-22,24-25,27-28,30-31,33-34,44,46,50-52,54-57,59-60,62-64H,3-4,6,8-9,14,17,20,23,26,29,32,35-43,45,47-49H2,1-2H3,(H,58,61)/b7-5-,12-10+,13-11-,16-15-,19-18-,22-21-,25-24-,28-27-,31-30-,34-33-,46-44+. The summed E-state index contributed by atoms with van der Waals surface area (Å²) in [5.41, 5.74) is 0. The van der Waals surface area contributed by atoms with Gasteiger partial charge >= 0.3 is 0 Å². The number of aliphatic hydroxyl groups excluding tert-OH is 5. The van der Waals surface area contributed by atoms with Crippen LogP contribution in [0.3, 0.4) is 0 Å². The zero-order valence-corrected chi connectivity index (χ0v) is 40.9. The number of nitrogens with one attached hydrogen (secondary N) is 1. The van der Waals surface area contributed by atoms with Crippen LogP contribution in [0, 0.1) is 0 Å². The van der Waals surface area contributed by atoms with Crippen molar-refractivity contribution >= 4 is 5.91 Å². The first-order chi connectivity index (χ1) is 32.3. The molecule has 6 N–H and O–H groups in total. The van der Waals surface area contributed by atoms with Crippen LogP contribution in [0.5, 0.6) is 0 Å². The maximum absolute atomic E-state index is 12.9. The Morgan fingerprint density at radius 3 is 1.45 bits per heavy atom. The molecule has 1 heterocycles. The quantitative estimate of drug-likeness (QED) is 0.0263. The van der Waals surface area contributed by atoms with Crippen LogP contribution in [-0.2, 0) is 14.3 Å². The summed E-state index contributed by atoms with van der Waals surface area (Å²) in [6.07, 6.45) is 62.5. The van der Waals surface area contributed by atoms with Crippen molar-refractivity contribution in [2.75, 3.05) is 13.2 Å².